The summed E-state index contributed by atoms with van der Waals surface area (Å²) in [6, 6.07) is 0.176. The quantitative estimate of drug-likeness (QED) is 0.490. The molecule has 0 aromatic heterocycles. The summed E-state index contributed by atoms with van der Waals surface area (Å²) in [7, 11) is 5.67. The van der Waals surface area contributed by atoms with Crippen LogP contribution < -0.4 is 5.32 Å². The van der Waals surface area contributed by atoms with Crippen LogP contribution in [0.4, 0.5) is 4.79 Å². The number of urea groups is 1. The van der Waals surface area contributed by atoms with E-state index >= 15 is 0 Å². The van der Waals surface area contributed by atoms with Gasteiger partial charge in [-0.25, -0.2) is 9.28 Å². The van der Waals surface area contributed by atoms with Gasteiger partial charge in [-0.2, -0.15) is 0 Å². The Balaban J connectivity index is 2.73. The molecule has 0 unspecified atom stereocenters. The van der Waals surface area contributed by atoms with Crippen LogP contribution in [0.5, 0.6) is 0 Å². The van der Waals surface area contributed by atoms with Gasteiger partial charge in [-0.1, -0.05) is 0 Å². The maximum atomic E-state index is 11.5. The third-order valence-corrected chi connectivity index (χ3v) is 1.98. The summed E-state index contributed by atoms with van der Waals surface area (Å²) in [5.41, 5.74) is 0. The number of nitrogens with zero attached hydrogens (tertiary/aromatic N) is 2. The molecule has 0 saturated carbocycles. The number of carbonyl (C=O) groups excluding carboxylic acids is 1. The van der Waals surface area contributed by atoms with Gasteiger partial charge in [-0.3, -0.25) is 10.2 Å². The molecule has 0 aliphatic carbocycles. The summed E-state index contributed by atoms with van der Waals surface area (Å²) < 4.78 is 0.399. The summed E-state index contributed by atoms with van der Waals surface area (Å²) in [5.74, 6) is 0. The second-order valence-corrected chi connectivity index (χ2v) is 3.55. The Morgan fingerprint density at radius 1 is 1.55 bits per heavy atom. The number of rotatable bonds is 0. The zero-order chi connectivity index (χ0) is 8.48. The van der Waals surface area contributed by atoms with Gasteiger partial charge in [0, 0.05) is 20.1 Å². The summed E-state index contributed by atoms with van der Waals surface area (Å²) in [6.45, 7) is 2.42. The second kappa shape index (κ2) is 2.79. The Bertz CT molecular complexity index is 167. The van der Waals surface area contributed by atoms with Crippen LogP contribution in [0, 0.1) is 0 Å². The number of nitrogens with one attached hydrogen (secondary N) is 1. The van der Waals surface area contributed by atoms with Crippen molar-refractivity contribution in [1.29, 1.82) is 0 Å². The van der Waals surface area contributed by atoms with Crippen LogP contribution in [0.1, 0.15) is 0 Å². The van der Waals surface area contributed by atoms with E-state index in [1.54, 1.807) is 4.90 Å². The van der Waals surface area contributed by atoms with E-state index in [1.165, 1.54) is 0 Å². The maximum absolute atomic E-state index is 11.5. The molecule has 1 N–H and O–H groups in total. The van der Waals surface area contributed by atoms with E-state index in [4.69, 9.17) is 0 Å². The second-order valence-electron chi connectivity index (χ2n) is 3.55. The molecule has 0 spiro atoms. The SMILES string of the molecule is CN1CCNC[N+](C)(C)C1=O. The molecule has 4 nitrogen and oxygen atoms in total. The van der Waals surface area contributed by atoms with Crippen molar-refractivity contribution in [1.82, 2.24) is 10.2 Å². The number of amides is 2. The first-order valence-corrected chi connectivity index (χ1v) is 3.83. The van der Waals surface area contributed by atoms with Crippen LogP contribution in [0.3, 0.4) is 0 Å². The molecule has 1 saturated heterocycles. The van der Waals surface area contributed by atoms with Gasteiger partial charge in [0.05, 0.1) is 14.1 Å². The Labute approximate surface area is 67.4 Å². The van der Waals surface area contributed by atoms with Crippen molar-refractivity contribution in [2.24, 2.45) is 0 Å². The van der Waals surface area contributed by atoms with Gasteiger partial charge in [0.2, 0.25) is 0 Å². The lowest BCUT2D eigenvalue weighted by Crippen LogP contribution is -2.52. The normalized spacial score (nSPS) is 25.0. The minimum absolute atomic E-state index is 0.176. The fourth-order valence-corrected chi connectivity index (χ4v) is 1.23. The molecule has 64 valence electrons. The van der Waals surface area contributed by atoms with E-state index in [1.807, 2.05) is 21.1 Å². The Hall–Kier alpha value is -0.610. The fraction of sp³-hybridized carbons (Fsp3) is 0.857. The van der Waals surface area contributed by atoms with Crippen molar-refractivity contribution in [2.45, 2.75) is 0 Å². The number of likely N-dealkylation sites (N-methyl/N-ethyl adjacent to an activating group) is 1. The first-order valence-electron chi connectivity index (χ1n) is 3.83. The van der Waals surface area contributed by atoms with Crippen molar-refractivity contribution >= 4 is 6.03 Å². The Kier molecular flexibility index (Phi) is 2.15. The van der Waals surface area contributed by atoms with E-state index in [0.717, 1.165) is 19.8 Å². The summed E-state index contributed by atoms with van der Waals surface area (Å²) in [5, 5.41) is 3.21. The molecule has 0 bridgehead atoms. The van der Waals surface area contributed by atoms with Crippen molar-refractivity contribution in [3.8, 4) is 0 Å². The topological polar surface area (TPSA) is 32.3 Å². The zero-order valence-corrected chi connectivity index (χ0v) is 7.42. The highest BCUT2D eigenvalue weighted by Gasteiger charge is 2.31. The summed E-state index contributed by atoms with van der Waals surface area (Å²) in [4.78, 5) is 13.3. The molecular weight excluding hydrogens is 142 g/mol. The molecule has 1 heterocycles. The molecule has 0 radical (unpaired) electrons. The van der Waals surface area contributed by atoms with E-state index in [9.17, 15) is 4.79 Å². The lowest BCUT2D eigenvalue weighted by atomic mass is 10.5. The third kappa shape index (κ3) is 1.70. The van der Waals surface area contributed by atoms with Crippen LogP contribution >= 0.6 is 0 Å². The van der Waals surface area contributed by atoms with Gasteiger partial charge in [-0.05, 0) is 0 Å². The lowest BCUT2D eigenvalue weighted by molar-refractivity contribution is -0.814. The minimum atomic E-state index is 0.176. The molecule has 0 aromatic rings. The average molecular weight is 158 g/mol. The largest absolute Gasteiger partial charge is 0.419 e. The minimum Gasteiger partial charge on any atom is -0.294 e. The van der Waals surface area contributed by atoms with Crippen LogP contribution in [0.15, 0.2) is 0 Å². The van der Waals surface area contributed by atoms with Gasteiger partial charge in [0.25, 0.3) is 0 Å². The van der Waals surface area contributed by atoms with Crippen molar-refractivity contribution in [3.63, 3.8) is 0 Å². The van der Waals surface area contributed by atoms with E-state index < -0.39 is 0 Å². The van der Waals surface area contributed by atoms with Gasteiger partial charge in [-0.15, -0.1) is 0 Å². The molecule has 1 fully saturated rings. The van der Waals surface area contributed by atoms with Gasteiger partial charge >= 0.3 is 6.03 Å². The molecule has 2 amide bonds. The van der Waals surface area contributed by atoms with E-state index in [2.05, 4.69) is 5.32 Å². The molecule has 4 heteroatoms. The van der Waals surface area contributed by atoms with E-state index in [-0.39, 0.29) is 6.03 Å². The van der Waals surface area contributed by atoms with Gasteiger partial charge in [0.15, 0.2) is 0 Å². The molecule has 11 heavy (non-hydrogen) atoms. The van der Waals surface area contributed by atoms with Crippen LogP contribution in [-0.4, -0.2) is 56.3 Å². The zero-order valence-electron chi connectivity index (χ0n) is 7.42. The Morgan fingerprint density at radius 3 is 2.82 bits per heavy atom. The number of quaternary nitrogens is 1. The maximum Gasteiger partial charge on any atom is 0.419 e. The predicted octanol–water partition coefficient (Wildman–Crippen LogP) is -0.325. The summed E-state index contributed by atoms with van der Waals surface area (Å²) in [6.07, 6.45) is 0. The average Bonchev–Trinajstić information content (AvgIpc) is 2.03. The number of carbonyl (C=O) groups is 1. The smallest absolute Gasteiger partial charge is 0.294 e. The van der Waals surface area contributed by atoms with Crippen molar-refractivity contribution < 1.29 is 9.28 Å². The van der Waals surface area contributed by atoms with Crippen LogP contribution in [0.25, 0.3) is 0 Å². The van der Waals surface area contributed by atoms with Crippen LogP contribution in [-0.2, 0) is 0 Å². The van der Waals surface area contributed by atoms with Crippen molar-refractivity contribution in [2.75, 3.05) is 40.9 Å². The molecule has 0 atom stereocenters. The molecule has 1 aliphatic heterocycles. The highest BCUT2D eigenvalue weighted by Crippen LogP contribution is 2.04. The first-order chi connectivity index (χ1) is 5.04. The fourth-order valence-electron chi connectivity index (χ4n) is 1.23. The monoisotopic (exact) mass is 158 g/mol. The van der Waals surface area contributed by atoms with Crippen molar-refractivity contribution in [3.05, 3.63) is 0 Å². The Morgan fingerprint density at radius 2 is 2.18 bits per heavy atom. The number of hydrogen-bond donors (Lipinski definition) is 1. The highest BCUT2D eigenvalue weighted by molar-refractivity contribution is 5.66. The molecule has 0 aromatic carbocycles. The van der Waals surface area contributed by atoms with Gasteiger partial charge < -0.3 is 0 Å². The molecular formula is C7H16N3O+. The lowest BCUT2D eigenvalue weighted by Gasteiger charge is -2.26. The van der Waals surface area contributed by atoms with Crippen LogP contribution in [0.2, 0.25) is 0 Å². The van der Waals surface area contributed by atoms with E-state index in [0.29, 0.717) is 4.48 Å². The molecule has 1 aliphatic rings. The highest BCUT2D eigenvalue weighted by atomic mass is 16.2. The first kappa shape index (κ1) is 8.49. The third-order valence-electron chi connectivity index (χ3n) is 1.98. The summed E-state index contributed by atoms with van der Waals surface area (Å²) >= 11 is 0. The number of hydrogen-bond acceptors (Lipinski definition) is 2. The van der Waals surface area contributed by atoms with Gasteiger partial charge in [0.1, 0.15) is 6.67 Å². The predicted molar refractivity (Wildman–Crippen MR) is 43.0 cm³/mol. The molecule has 1 rings (SSSR count). The standard InChI is InChI=1S/C7H16N3O/c1-9-5-4-8-6-10(2,3)7(9)11/h8H,4-6H2,1-3H3/q+1.